The number of para-hydroxylation sites is 2. The maximum Gasteiger partial charge on any atom is 0.223 e. The molecule has 2 aromatic rings. The van der Waals surface area contributed by atoms with Crippen LogP contribution in [0.1, 0.15) is 25.0 Å². The lowest BCUT2D eigenvalue weighted by atomic mass is 10.1. The summed E-state index contributed by atoms with van der Waals surface area (Å²) in [6.07, 6.45) is 2.86. The van der Waals surface area contributed by atoms with Gasteiger partial charge in [-0.3, -0.25) is 4.79 Å². The van der Waals surface area contributed by atoms with E-state index in [1.54, 1.807) is 13.2 Å². The first-order valence-electron chi connectivity index (χ1n) is 8.80. The Balaban J connectivity index is 1.38. The van der Waals surface area contributed by atoms with E-state index in [4.69, 9.17) is 25.6 Å². The van der Waals surface area contributed by atoms with Crippen molar-refractivity contribution >= 4 is 17.5 Å². The summed E-state index contributed by atoms with van der Waals surface area (Å²) >= 11 is 5.71. The Morgan fingerprint density at radius 3 is 2.92 bits per heavy atom. The Kier molecular flexibility index (Phi) is 6.39. The van der Waals surface area contributed by atoms with Crippen molar-refractivity contribution in [2.24, 2.45) is 5.92 Å². The molecule has 7 heteroatoms. The fraction of sp³-hybridized carbons (Fsp3) is 0.474. The van der Waals surface area contributed by atoms with Crippen molar-refractivity contribution < 1.29 is 18.8 Å². The Bertz CT molecular complexity index is 734. The van der Waals surface area contributed by atoms with Gasteiger partial charge in [0.1, 0.15) is 5.76 Å². The van der Waals surface area contributed by atoms with Gasteiger partial charge in [0.15, 0.2) is 16.7 Å². The number of carbonyl (C=O) groups is 1. The van der Waals surface area contributed by atoms with Crippen LogP contribution in [0.15, 0.2) is 34.9 Å². The van der Waals surface area contributed by atoms with E-state index in [2.05, 4.69) is 5.16 Å². The summed E-state index contributed by atoms with van der Waals surface area (Å²) < 4.78 is 16.1. The number of hydrogen-bond acceptors (Lipinski definition) is 5. The number of methoxy groups -OCH3 is 1. The molecule has 1 saturated heterocycles. The third kappa shape index (κ3) is 4.91. The predicted molar refractivity (Wildman–Crippen MR) is 97.6 cm³/mol. The van der Waals surface area contributed by atoms with Crippen LogP contribution in [0.5, 0.6) is 11.5 Å². The van der Waals surface area contributed by atoms with Crippen molar-refractivity contribution in [3.05, 3.63) is 41.2 Å². The highest BCUT2D eigenvalue weighted by atomic mass is 35.5. The van der Waals surface area contributed by atoms with Crippen LogP contribution in [0, 0.1) is 5.92 Å². The fourth-order valence-corrected chi connectivity index (χ4v) is 3.32. The Morgan fingerprint density at radius 1 is 1.38 bits per heavy atom. The zero-order chi connectivity index (χ0) is 18.4. The number of benzene rings is 1. The number of halogens is 1. The number of aromatic nitrogens is 1. The number of hydrogen-bond donors (Lipinski definition) is 0. The smallest absolute Gasteiger partial charge is 0.223 e. The van der Waals surface area contributed by atoms with Crippen LogP contribution in [-0.2, 0) is 11.2 Å². The fourth-order valence-electron chi connectivity index (χ4n) is 3.16. The maximum absolute atomic E-state index is 12.3. The highest BCUT2D eigenvalue weighted by molar-refractivity contribution is 6.29. The maximum atomic E-state index is 12.3. The molecule has 1 aromatic carbocycles. The average Bonchev–Trinajstić information content (AvgIpc) is 3.29. The molecule has 2 heterocycles. The van der Waals surface area contributed by atoms with Gasteiger partial charge in [0, 0.05) is 32.0 Å². The van der Waals surface area contributed by atoms with Crippen LogP contribution < -0.4 is 9.47 Å². The Morgan fingerprint density at radius 2 is 2.19 bits per heavy atom. The number of carbonyl (C=O) groups excluding carboxylic acids is 1. The molecule has 1 aliphatic rings. The Hall–Kier alpha value is -2.21. The minimum Gasteiger partial charge on any atom is -0.493 e. The van der Waals surface area contributed by atoms with Gasteiger partial charge in [-0.1, -0.05) is 28.9 Å². The van der Waals surface area contributed by atoms with E-state index in [-0.39, 0.29) is 5.91 Å². The van der Waals surface area contributed by atoms with Crippen molar-refractivity contribution in [1.82, 2.24) is 10.1 Å². The molecule has 1 aliphatic heterocycles. The van der Waals surface area contributed by atoms with E-state index < -0.39 is 0 Å². The topological polar surface area (TPSA) is 64.8 Å². The normalized spacial score (nSPS) is 16.7. The van der Waals surface area contributed by atoms with Gasteiger partial charge in [0.05, 0.1) is 13.7 Å². The third-order valence-electron chi connectivity index (χ3n) is 4.61. The molecule has 0 aliphatic carbocycles. The highest BCUT2D eigenvalue weighted by Crippen LogP contribution is 2.27. The van der Waals surface area contributed by atoms with Crippen LogP contribution in [-0.4, -0.2) is 42.8 Å². The van der Waals surface area contributed by atoms with E-state index in [0.717, 1.165) is 37.4 Å². The van der Waals surface area contributed by atoms with Gasteiger partial charge in [-0.2, -0.15) is 0 Å². The van der Waals surface area contributed by atoms with Crippen molar-refractivity contribution in [1.29, 1.82) is 0 Å². The number of nitrogens with zero attached hydrogens (tertiary/aromatic N) is 2. The first-order chi connectivity index (χ1) is 12.7. The second-order valence-electron chi connectivity index (χ2n) is 6.40. The summed E-state index contributed by atoms with van der Waals surface area (Å²) in [7, 11) is 1.63. The molecule has 0 radical (unpaired) electrons. The summed E-state index contributed by atoms with van der Waals surface area (Å²) in [4.78, 5) is 14.3. The molecule has 0 saturated carbocycles. The summed E-state index contributed by atoms with van der Waals surface area (Å²) in [5.41, 5.74) is 0. The zero-order valence-electron chi connectivity index (χ0n) is 14.8. The molecule has 140 valence electrons. The molecule has 0 bridgehead atoms. The number of likely N-dealkylation sites (tertiary alicyclic amines) is 1. The van der Waals surface area contributed by atoms with Crippen LogP contribution in [0.25, 0.3) is 0 Å². The molecule has 0 N–H and O–H groups in total. The molecule has 1 fully saturated rings. The van der Waals surface area contributed by atoms with Crippen LogP contribution in [0.3, 0.4) is 0 Å². The average molecular weight is 379 g/mol. The van der Waals surface area contributed by atoms with Crippen molar-refractivity contribution in [2.45, 2.75) is 25.7 Å². The van der Waals surface area contributed by atoms with Crippen LogP contribution in [0.4, 0.5) is 0 Å². The van der Waals surface area contributed by atoms with Gasteiger partial charge < -0.3 is 18.9 Å². The molecule has 0 spiro atoms. The summed E-state index contributed by atoms with van der Waals surface area (Å²) in [6, 6.07) is 9.28. The highest BCUT2D eigenvalue weighted by Gasteiger charge is 2.26. The number of amides is 1. The molecule has 1 amide bonds. The van der Waals surface area contributed by atoms with Gasteiger partial charge in [0.25, 0.3) is 0 Å². The van der Waals surface area contributed by atoms with Crippen molar-refractivity contribution in [3.8, 4) is 11.5 Å². The number of aryl methyl sites for hydroxylation is 1. The molecule has 1 atom stereocenters. The molecule has 6 nitrogen and oxygen atoms in total. The second-order valence-corrected chi connectivity index (χ2v) is 6.79. The van der Waals surface area contributed by atoms with E-state index in [9.17, 15) is 4.79 Å². The quantitative estimate of drug-likeness (QED) is 0.702. The number of rotatable bonds is 8. The molecule has 3 rings (SSSR count). The van der Waals surface area contributed by atoms with Crippen molar-refractivity contribution in [2.75, 3.05) is 26.8 Å². The van der Waals surface area contributed by atoms with Crippen LogP contribution in [0.2, 0.25) is 5.15 Å². The lowest BCUT2D eigenvalue weighted by Crippen LogP contribution is -2.29. The largest absolute Gasteiger partial charge is 0.493 e. The van der Waals surface area contributed by atoms with Gasteiger partial charge in [-0.15, -0.1) is 0 Å². The van der Waals surface area contributed by atoms with Crippen molar-refractivity contribution in [3.63, 3.8) is 0 Å². The lowest BCUT2D eigenvalue weighted by molar-refractivity contribution is -0.130. The molecule has 1 unspecified atom stereocenters. The minimum atomic E-state index is 0.144. The van der Waals surface area contributed by atoms with Gasteiger partial charge >= 0.3 is 0 Å². The lowest BCUT2D eigenvalue weighted by Gasteiger charge is -2.16. The van der Waals surface area contributed by atoms with E-state index >= 15 is 0 Å². The zero-order valence-corrected chi connectivity index (χ0v) is 15.6. The van der Waals surface area contributed by atoms with E-state index in [1.807, 2.05) is 29.2 Å². The molecule has 26 heavy (non-hydrogen) atoms. The predicted octanol–water partition coefficient (Wildman–Crippen LogP) is 3.59. The monoisotopic (exact) mass is 378 g/mol. The molecule has 1 aromatic heterocycles. The first-order valence-corrected chi connectivity index (χ1v) is 9.18. The molecular weight excluding hydrogens is 356 g/mol. The van der Waals surface area contributed by atoms with E-state index in [1.165, 1.54) is 0 Å². The van der Waals surface area contributed by atoms with E-state index in [0.29, 0.717) is 36.3 Å². The molecular formula is C19H23ClN2O4. The third-order valence-corrected chi connectivity index (χ3v) is 4.78. The standard InChI is InChI=1S/C19H23ClN2O4/c1-24-16-4-2-3-5-17(16)25-11-9-14-8-10-22(13-14)19(23)7-6-15-12-18(20)21-26-15/h2-5,12,14H,6-11,13H2,1H3. The second kappa shape index (κ2) is 8.94. The van der Waals surface area contributed by atoms with Gasteiger partial charge in [0.2, 0.25) is 5.91 Å². The van der Waals surface area contributed by atoms with Gasteiger partial charge in [-0.25, -0.2) is 0 Å². The first kappa shape index (κ1) is 18.6. The van der Waals surface area contributed by atoms with Crippen LogP contribution >= 0.6 is 11.6 Å². The minimum absolute atomic E-state index is 0.144. The summed E-state index contributed by atoms with van der Waals surface area (Å²) in [5, 5.41) is 3.94. The number of ether oxygens (including phenoxy) is 2. The Labute approximate surface area is 158 Å². The summed E-state index contributed by atoms with van der Waals surface area (Å²) in [5.74, 6) is 2.75. The SMILES string of the molecule is COc1ccccc1OCCC1CCN(C(=O)CCc2cc(Cl)no2)C1. The van der Waals surface area contributed by atoms with Gasteiger partial charge in [-0.05, 0) is 30.9 Å². The summed E-state index contributed by atoms with van der Waals surface area (Å²) in [6.45, 7) is 2.20.